The van der Waals surface area contributed by atoms with Crippen LogP contribution in [-0.2, 0) is 16.1 Å². The number of rotatable bonds is 4. The lowest BCUT2D eigenvalue weighted by Crippen LogP contribution is -2.34. The maximum absolute atomic E-state index is 12.6. The molecule has 24 heavy (non-hydrogen) atoms. The Bertz CT molecular complexity index is 751. The van der Waals surface area contributed by atoms with Crippen molar-refractivity contribution >= 4 is 23.4 Å². The van der Waals surface area contributed by atoms with Crippen LogP contribution in [0, 0.1) is 5.92 Å². The van der Waals surface area contributed by atoms with Gasteiger partial charge < -0.3 is 10.2 Å². The van der Waals surface area contributed by atoms with Gasteiger partial charge in [-0.05, 0) is 29.8 Å². The third-order valence-corrected chi connectivity index (χ3v) is 4.52. The van der Waals surface area contributed by atoms with Gasteiger partial charge in [0.2, 0.25) is 11.8 Å². The minimum absolute atomic E-state index is 0.0436. The van der Waals surface area contributed by atoms with Gasteiger partial charge in [-0.3, -0.25) is 14.6 Å². The van der Waals surface area contributed by atoms with Gasteiger partial charge >= 0.3 is 0 Å². The molecule has 1 saturated heterocycles. The monoisotopic (exact) mass is 343 g/mol. The molecular formula is C18H18ClN3O2. The number of hydrogen-bond acceptors (Lipinski definition) is 3. The lowest BCUT2D eigenvalue weighted by atomic mass is 9.93. The van der Waals surface area contributed by atoms with Gasteiger partial charge in [0.05, 0.1) is 24.2 Å². The van der Waals surface area contributed by atoms with Gasteiger partial charge in [-0.2, -0.15) is 0 Å². The summed E-state index contributed by atoms with van der Waals surface area (Å²) in [5.74, 6) is -0.633. The van der Waals surface area contributed by atoms with Crippen molar-refractivity contribution in [3.63, 3.8) is 0 Å². The van der Waals surface area contributed by atoms with E-state index >= 15 is 0 Å². The van der Waals surface area contributed by atoms with Crippen molar-refractivity contribution in [2.75, 3.05) is 7.05 Å². The Kier molecular flexibility index (Phi) is 4.81. The van der Waals surface area contributed by atoms with Gasteiger partial charge in [-0.1, -0.05) is 29.8 Å². The number of nitrogens with one attached hydrogen (secondary N) is 1. The summed E-state index contributed by atoms with van der Waals surface area (Å²) in [4.78, 5) is 30.6. The number of aromatic nitrogens is 1. The Morgan fingerprint density at radius 3 is 2.88 bits per heavy atom. The van der Waals surface area contributed by atoms with Crippen LogP contribution in [0.1, 0.15) is 23.7 Å². The number of amides is 2. The van der Waals surface area contributed by atoms with Crippen LogP contribution >= 0.6 is 11.6 Å². The van der Waals surface area contributed by atoms with E-state index in [1.54, 1.807) is 30.3 Å². The number of hydrogen-bond donors (Lipinski definition) is 1. The van der Waals surface area contributed by atoms with E-state index in [0.717, 1.165) is 11.3 Å². The summed E-state index contributed by atoms with van der Waals surface area (Å²) < 4.78 is 0. The molecule has 2 atom stereocenters. The number of carbonyl (C=O) groups excluding carboxylic acids is 2. The van der Waals surface area contributed by atoms with Crippen molar-refractivity contribution in [1.29, 1.82) is 0 Å². The number of halogens is 1. The summed E-state index contributed by atoms with van der Waals surface area (Å²) >= 11 is 6.06. The molecule has 1 aromatic heterocycles. The van der Waals surface area contributed by atoms with E-state index in [1.165, 1.54) is 0 Å². The van der Waals surface area contributed by atoms with E-state index in [-0.39, 0.29) is 24.3 Å². The van der Waals surface area contributed by atoms with Crippen molar-refractivity contribution in [1.82, 2.24) is 15.2 Å². The second-order valence-corrected chi connectivity index (χ2v) is 6.29. The smallest absolute Gasteiger partial charge is 0.226 e. The molecule has 124 valence electrons. The zero-order valence-electron chi connectivity index (χ0n) is 13.3. The van der Waals surface area contributed by atoms with Gasteiger partial charge in [-0.15, -0.1) is 0 Å². The SMILES string of the molecule is CN1C(=O)C[C@@H](C(=O)NCc2ccccn2)[C@@H]1c1cccc(Cl)c1. The number of carbonyl (C=O) groups is 2. The second-order valence-electron chi connectivity index (χ2n) is 5.85. The summed E-state index contributed by atoms with van der Waals surface area (Å²) in [6.45, 7) is 0.344. The van der Waals surface area contributed by atoms with Crippen LogP contribution in [0.5, 0.6) is 0 Å². The summed E-state index contributed by atoms with van der Waals surface area (Å²) in [6.07, 6.45) is 1.88. The topological polar surface area (TPSA) is 62.3 Å². The molecule has 2 aromatic rings. The standard InChI is InChI=1S/C18H18ClN3O2/c1-22-16(23)10-15(17(22)12-5-4-6-13(19)9-12)18(24)21-11-14-7-2-3-8-20-14/h2-9,15,17H,10-11H2,1H3,(H,21,24)/t15-,17+/m1/s1. The molecule has 1 aromatic carbocycles. The van der Waals surface area contributed by atoms with Crippen LogP contribution in [0.2, 0.25) is 5.02 Å². The molecule has 0 radical (unpaired) electrons. The zero-order chi connectivity index (χ0) is 17.1. The minimum atomic E-state index is -0.440. The van der Waals surface area contributed by atoms with E-state index in [1.807, 2.05) is 30.3 Å². The molecule has 1 aliphatic rings. The molecule has 0 saturated carbocycles. The van der Waals surface area contributed by atoms with E-state index in [2.05, 4.69) is 10.3 Å². The van der Waals surface area contributed by atoms with E-state index in [4.69, 9.17) is 11.6 Å². The second kappa shape index (κ2) is 7.01. The summed E-state index contributed by atoms with van der Waals surface area (Å²) in [7, 11) is 1.72. The zero-order valence-corrected chi connectivity index (χ0v) is 14.0. The third kappa shape index (κ3) is 3.41. The van der Waals surface area contributed by atoms with Crippen molar-refractivity contribution in [2.24, 2.45) is 5.92 Å². The molecule has 6 heteroatoms. The van der Waals surface area contributed by atoms with Gasteiger partial charge in [0.15, 0.2) is 0 Å². The first-order chi connectivity index (χ1) is 11.6. The Morgan fingerprint density at radius 1 is 1.33 bits per heavy atom. The fraction of sp³-hybridized carbons (Fsp3) is 0.278. The molecule has 0 spiro atoms. The highest BCUT2D eigenvalue weighted by molar-refractivity contribution is 6.30. The molecular weight excluding hydrogens is 326 g/mol. The normalized spacial score (nSPS) is 20.2. The summed E-state index contributed by atoms with van der Waals surface area (Å²) in [5, 5.41) is 3.47. The molecule has 1 aliphatic heterocycles. The molecule has 1 fully saturated rings. The van der Waals surface area contributed by atoms with Crippen molar-refractivity contribution in [2.45, 2.75) is 19.0 Å². The molecule has 0 aliphatic carbocycles. The van der Waals surface area contributed by atoms with Gasteiger partial charge in [0.1, 0.15) is 0 Å². The third-order valence-electron chi connectivity index (χ3n) is 4.28. The van der Waals surface area contributed by atoms with Crippen LogP contribution in [0.4, 0.5) is 0 Å². The molecule has 0 bridgehead atoms. The summed E-state index contributed by atoms with van der Waals surface area (Å²) in [5.41, 5.74) is 1.65. The lowest BCUT2D eigenvalue weighted by molar-refractivity contribution is -0.128. The number of likely N-dealkylation sites (tertiary alicyclic amines) is 1. The first-order valence-corrected chi connectivity index (χ1v) is 8.13. The Hall–Kier alpha value is -2.40. The maximum Gasteiger partial charge on any atom is 0.226 e. The minimum Gasteiger partial charge on any atom is -0.350 e. The van der Waals surface area contributed by atoms with Crippen LogP contribution in [0.15, 0.2) is 48.7 Å². The quantitative estimate of drug-likeness (QED) is 0.928. The van der Waals surface area contributed by atoms with Crippen molar-refractivity contribution in [3.05, 3.63) is 64.9 Å². The maximum atomic E-state index is 12.6. The Labute approximate surface area is 145 Å². The van der Waals surface area contributed by atoms with Crippen LogP contribution in [0.3, 0.4) is 0 Å². The largest absolute Gasteiger partial charge is 0.350 e. The lowest BCUT2D eigenvalue weighted by Gasteiger charge is -2.25. The molecule has 2 amide bonds. The van der Waals surface area contributed by atoms with Crippen LogP contribution in [0.25, 0.3) is 0 Å². The van der Waals surface area contributed by atoms with Gasteiger partial charge in [0, 0.05) is 24.7 Å². The van der Waals surface area contributed by atoms with Crippen LogP contribution < -0.4 is 5.32 Å². The van der Waals surface area contributed by atoms with Crippen molar-refractivity contribution < 1.29 is 9.59 Å². The van der Waals surface area contributed by atoms with Crippen LogP contribution in [-0.4, -0.2) is 28.7 Å². The van der Waals surface area contributed by atoms with E-state index in [9.17, 15) is 9.59 Å². The fourth-order valence-electron chi connectivity index (χ4n) is 3.06. The predicted molar refractivity (Wildman–Crippen MR) is 91.2 cm³/mol. The molecule has 3 rings (SSSR count). The fourth-order valence-corrected chi connectivity index (χ4v) is 3.26. The van der Waals surface area contributed by atoms with Gasteiger partial charge in [0.25, 0.3) is 0 Å². The first kappa shape index (κ1) is 16.5. The average molecular weight is 344 g/mol. The molecule has 1 N–H and O–H groups in total. The van der Waals surface area contributed by atoms with E-state index < -0.39 is 5.92 Å². The molecule has 0 unspecified atom stereocenters. The Morgan fingerprint density at radius 2 is 2.17 bits per heavy atom. The predicted octanol–water partition coefficient (Wildman–Crippen LogP) is 2.57. The van der Waals surface area contributed by atoms with Crippen molar-refractivity contribution in [3.8, 4) is 0 Å². The average Bonchev–Trinajstić information content (AvgIpc) is 2.89. The Balaban J connectivity index is 1.77. The molecule has 5 nitrogen and oxygen atoms in total. The highest BCUT2D eigenvalue weighted by Gasteiger charge is 2.42. The first-order valence-electron chi connectivity index (χ1n) is 7.75. The number of nitrogens with zero attached hydrogens (tertiary/aromatic N) is 2. The molecule has 2 heterocycles. The number of pyridine rings is 1. The van der Waals surface area contributed by atoms with Gasteiger partial charge in [-0.25, -0.2) is 0 Å². The van der Waals surface area contributed by atoms with E-state index in [0.29, 0.717) is 11.6 Å². The highest BCUT2D eigenvalue weighted by atomic mass is 35.5. The highest BCUT2D eigenvalue weighted by Crippen LogP contribution is 2.37. The number of benzene rings is 1. The summed E-state index contributed by atoms with van der Waals surface area (Å²) in [6, 6.07) is 12.5.